The molecule has 1 heteroatoms. The molecule has 0 bridgehead atoms. The molecular formula is C15H19N. The Labute approximate surface area is 98.3 Å². The van der Waals surface area contributed by atoms with E-state index < -0.39 is 0 Å². The topological polar surface area (TPSA) is 12.0 Å². The molecule has 2 rings (SSSR count). The molecule has 1 N–H and O–H groups in total. The minimum Gasteiger partial charge on any atom is -0.303 e. The Morgan fingerprint density at radius 3 is 2.56 bits per heavy atom. The van der Waals surface area contributed by atoms with E-state index in [1.807, 2.05) is 0 Å². The maximum absolute atomic E-state index is 5.66. The summed E-state index contributed by atoms with van der Waals surface area (Å²) in [5.74, 6) is 2.93. The molecule has 0 aromatic heterocycles. The van der Waals surface area contributed by atoms with Crippen molar-refractivity contribution in [1.82, 2.24) is 5.32 Å². The Hall–Kier alpha value is -1.26. The second-order valence-corrected chi connectivity index (χ2v) is 4.58. The number of benzene rings is 1. The van der Waals surface area contributed by atoms with E-state index in [0.29, 0.717) is 0 Å². The van der Waals surface area contributed by atoms with Crippen molar-refractivity contribution in [2.24, 2.45) is 0 Å². The third-order valence-electron chi connectivity index (χ3n) is 3.46. The molecule has 1 saturated carbocycles. The standard InChI is InChI=1S/C15H19N/c1-3-12-16-14(4-2)15(10-11-15)13-8-6-5-7-9-13/h2,5-9,14,16H,3,10-12H2,1H3. The highest BCUT2D eigenvalue weighted by Gasteiger charge is 2.49. The van der Waals surface area contributed by atoms with Crippen LogP contribution in [0.5, 0.6) is 0 Å². The van der Waals surface area contributed by atoms with Crippen LogP contribution in [0, 0.1) is 12.3 Å². The van der Waals surface area contributed by atoms with Crippen molar-refractivity contribution in [2.45, 2.75) is 37.6 Å². The summed E-state index contributed by atoms with van der Waals surface area (Å²) >= 11 is 0. The fourth-order valence-electron chi connectivity index (χ4n) is 2.35. The largest absolute Gasteiger partial charge is 0.303 e. The van der Waals surface area contributed by atoms with Crippen LogP contribution in [-0.4, -0.2) is 12.6 Å². The highest BCUT2D eigenvalue weighted by molar-refractivity contribution is 5.37. The molecule has 1 aliphatic carbocycles. The number of nitrogens with one attached hydrogen (secondary N) is 1. The van der Waals surface area contributed by atoms with Gasteiger partial charge in [0.15, 0.2) is 0 Å². The highest BCUT2D eigenvalue weighted by atomic mass is 14.9. The molecule has 1 aromatic carbocycles. The first kappa shape index (κ1) is 11.2. The second kappa shape index (κ2) is 4.72. The van der Waals surface area contributed by atoms with E-state index >= 15 is 0 Å². The van der Waals surface area contributed by atoms with E-state index in [-0.39, 0.29) is 11.5 Å². The molecule has 1 aromatic rings. The van der Waals surface area contributed by atoms with Crippen LogP contribution >= 0.6 is 0 Å². The first-order valence-corrected chi connectivity index (χ1v) is 6.08. The van der Waals surface area contributed by atoms with Crippen LogP contribution < -0.4 is 5.32 Å². The van der Waals surface area contributed by atoms with Crippen LogP contribution in [0.2, 0.25) is 0 Å². The van der Waals surface area contributed by atoms with Crippen molar-refractivity contribution < 1.29 is 0 Å². The summed E-state index contributed by atoms with van der Waals surface area (Å²) in [5, 5.41) is 3.48. The Morgan fingerprint density at radius 1 is 1.38 bits per heavy atom. The molecule has 0 radical (unpaired) electrons. The molecule has 0 spiro atoms. The third-order valence-corrected chi connectivity index (χ3v) is 3.46. The quantitative estimate of drug-likeness (QED) is 0.742. The van der Waals surface area contributed by atoms with Gasteiger partial charge in [-0.1, -0.05) is 43.2 Å². The smallest absolute Gasteiger partial charge is 0.0784 e. The molecule has 1 fully saturated rings. The zero-order chi connectivity index (χ0) is 11.4. The van der Waals surface area contributed by atoms with Crippen molar-refractivity contribution in [3.05, 3.63) is 35.9 Å². The highest BCUT2D eigenvalue weighted by Crippen LogP contribution is 2.50. The van der Waals surface area contributed by atoms with Gasteiger partial charge in [0, 0.05) is 5.41 Å². The summed E-state index contributed by atoms with van der Waals surface area (Å²) in [7, 11) is 0. The zero-order valence-corrected chi connectivity index (χ0v) is 9.87. The molecule has 0 amide bonds. The predicted octanol–water partition coefficient (Wildman–Crippen LogP) is 2.72. The predicted molar refractivity (Wildman–Crippen MR) is 68.3 cm³/mol. The number of hydrogen-bond acceptors (Lipinski definition) is 1. The minimum absolute atomic E-state index is 0.190. The summed E-state index contributed by atoms with van der Waals surface area (Å²) in [6.45, 7) is 3.17. The fourth-order valence-corrected chi connectivity index (χ4v) is 2.35. The lowest BCUT2D eigenvalue weighted by Crippen LogP contribution is -2.39. The minimum atomic E-state index is 0.190. The van der Waals surface area contributed by atoms with Gasteiger partial charge in [0.25, 0.3) is 0 Å². The summed E-state index contributed by atoms with van der Waals surface area (Å²) in [4.78, 5) is 0. The third kappa shape index (κ3) is 1.99. The zero-order valence-electron chi connectivity index (χ0n) is 9.87. The Balaban J connectivity index is 2.16. The fraction of sp³-hybridized carbons (Fsp3) is 0.467. The van der Waals surface area contributed by atoms with Gasteiger partial charge in [-0.25, -0.2) is 0 Å². The lowest BCUT2D eigenvalue weighted by atomic mass is 9.88. The van der Waals surface area contributed by atoms with Crippen molar-refractivity contribution in [1.29, 1.82) is 0 Å². The van der Waals surface area contributed by atoms with E-state index in [2.05, 4.69) is 48.5 Å². The van der Waals surface area contributed by atoms with Crippen molar-refractivity contribution in [3.63, 3.8) is 0 Å². The van der Waals surface area contributed by atoms with Gasteiger partial charge < -0.3 is 5.32 Å². The van der Waals surface area contributed by atoms with Gasteiger partial charge >= 0.3 is 0 Å². The maximum atomic E-state index is 5.66. The number of hydrogen-bond donors (Lipinski definition) is 1. The van der Waals surface area contributed by atoms with Gasteiger partial charge in [-0.15, -0.1) is 6.42 Å². The van der Waals surface area contributed by atoms with Gasteiger partial charge in [0.1, 0.15) is 0 Å². The van der Waals surface area contributed by atoms with Crippen LogP contribution in [0.3, 0.4) is 0 Å². The molecule has 0 saturated heterocycles. The summed E-state index contributed by atoms with van der Waals surface area (Å²) < 4.78 is 0. The van der Waals surface area contributed by atoms with E-state index in [1.54, 1.807) is 0 Å². The molecule has 1 nitrogen and oxygen atoms in total. The average molecular weight is 213 g/mol. The lowest BCUT2D eigenvalue weighted by Gasteiger charge is -2.24. The van der Waals surface area contributed by atoms with Crippen molar-refractivity contribution >= 4 is 0 Å². The van der Waals surface area contributed by atoms with Crippen LogP contribution in [-0.2, 0) is 5.41 Å². The van der Waals surface area contributed by atoms with Crippen LogP contribution in [0.15, 0.2) is 30.3 Å². The van der Waals surface area contributed by atoms with E-state index in [0.717, 1.165) is 13.0 Å². The SMILES string of the molecule is C#CC(NCCC)C1(c2ccccc2)CC1. The number of terminal acetylenes is 1. The monoisotopic (exact) mass is 213 g/mol. The molecule has 0 heterocycles. The molecule has 1 unspecified atom stereocenters. The van der Waals surface area contributed by atoms with Gasteiger partial charge in [-0.05, 0) is 31.4 Å². The van der Waals surface area contributed by atoms with Crippen LogP contribution in [0.1, 0.15) is 31.7 Å². The van der Waals surface area contributed by atoms with Crippen molar-refractivity contribution in [3.8, 4) is 12.3 Å². The number of rotatable bonds is 5. The van der Waals surface area contributed by atoms with E-state index in [4.69, 9.17) is 6.42 Å². The molecule has 1 atom stereocenters. The first-order chi connectivity index (χ1) is 7.83. The molecular weight excluding hydrogens is 194 g/mol. The Morgan fingerprint density at radius 2 is 2.06 bits per heavy atom. The van der Waals surface area contributed by atoms with E-state index in [9.17, 15) is 0 Å². The molecule has 1 aliphatic rings. The average Bonchev–Trinajstić information content (AvgIpc) is 3.13. The molecule has 0 aliphatic heterocycles. The normalized spacial score (nSPS) is 18.8. The van der Waals surface area contributed by atoms with Crippen LogP contribution in [0.4, 0.5) is 0 Å². The summed E-state index contributed by atoms with van der Waals surface area (Å²) in [6.07, 6.45) is 9.21. The second-order valence-electron chi connectivity index (χ2n) is 4.58. The summed E-state index contributed by atoms with van der Waals surface area (Å²) in [5.41, 5.74) is 1.60. The maximum Gasteiger partial charge on any atom is 0.0784 e. The summed E-state index contributed by atoms with van der Waals surface area (Å²) in [6, 6.07) is 10.8. The first-order valence-electron chi connectivity index (χ1n) is 6.08. The van der Waals surface area contributed by atoms with Gasteiger partial charge in [-0.3, -0.25) is 0 Å². The Kier molecular flexibility index (Phi) is 3.31. The van der Waals surface area contributed by atoms with Crippen molar-refractivity contribution in [2.75, 3.05) is 6.54 Å². The molecule has 16 heavy (non-hydrogen) atoms. The molecule has 84 valence electrons. The van der Waals surface area contributed by atoms with Gasteiger partial charge in [0.2, 0.25) is 0 Å². The van der Waals surface area contributed by atoms with Crippen LogP contribution in [0.25, 0.3) is 0 Å². The Bertz CT molecular complexity index is 370. The van der Waals surface area contributed by atoms with E-state index in [1.165, 1.54) is 18.4 Å². The van der Waals surface area contributed by atoms with Gasteiger partial charge in [-0.2, -0.15) is 0 Å². The lowest BCUT2D eigenvalue weighted by molar-refractivity contribution is 0.495. The van der Waals surface area contributed by atoms with Gasteiger partial charge in [0.05, 0.1) is 6.04 Å².